The van der Waals surface area contributed by atoms with Crippen molar-refractivity contribution in [3.63, 3.8) is 0 Å². The summed E-state index contributed by atoms with van der Waals surface area (Å²) in [4.78, 5) is 21.4. The average molecular weight is 463 g/mol. The predicted octanol–water partition coefficient (Wildman–Crippen LogP) is 4.08. The lowest BCUT2D eigenvalue weighted by atomic mass is 10.1. The molecule has 2 atom stereocenters. The van der Waals surface area contributed by atoms with Gasteiger partial charge >= 0.3 is 0 Å². The third-order valence-corrected chi connectivity index (χ3v) is 6.18. The van der Waals surface area contributed by atoms with Crippen LogP contribution in [0.3, 0.4) is 0 Å². The maximum Gasteiger partial charge on any atom is 0.213 e. The second-order valence-corrected chi connectivity index (χ2v) is 8.35. The zero-order valence-electron chi connectivity index (χ0n) is 20.7. The first-order chi connectivity index (χ1) is 16.6. The highest BCUT2D eigenvalue weighted by Crippen LogP contribution is 2.29. The molecule has 0 aliphatic carbocycles. The Labute approximate surface area is 201 Å². The van der Waals surface area contributed by atoms with E-state index in [1.807, 2.05) is 50.4 Å². The predicted molar refractivity (Wildman–Crippen MR) is 135 cm³/mol. The van der Waals surface area contributed by atoms with Crippen molar-refractivity contribution in [2.24, 2.45) is 0 Å². The lowest BCUT2D eigenvalue weighted by molar-refractivity contribution is 0.0719. The molecule has 1 N–H and O–H groups in total. The molecule has 180 valence electrons. The Morgan fingerprint density at radius 3 is 2.47 bits per heavy atom. The number of anilines is 2. The van der Waals surface area contributed by atoms with Crippen molar-refractivity contribution < 1.29 is 9.47 Å². The van der Waals surface area contributed by atoms with Crippen molar-refractivity contribution in [1.29, 1.82) is 0 Å². The number of ether oxygens (including phenoxy) is 2. The molecule has 1 fully saturated rings. The Hall–Kier alpha value is -3.26. The summed E-state index contributed by atoms with van der Waals surface area (Å²) < 4.78 is 11.4. The van der Waals surface area contributed by atoms with E-state index in [1.165, 1.54) is 0 Å². The first-order valence-corrected chi connectivity index (χ1v) is 12.0. The lowest BCUT2D eigenvalue weighted by Gasteiger charge is -2.22. The van der Waals surface area contributed by atoms with Crippen LogP contribution in [0.5, 0.6) is 5.88 Å². The minimum atomic E-state index is 0.0382. The van der Waals surface area contributed by atoms with Crippen LogP contribution >= 0.6 is 0 Å². The Morgan fingerprint density at radius 2 is 1.82 bits per heavy atom. The molecule has 4 heterocycles. The van der Waals surface area contributed by atoms with Crippen LogP contribution < -0.4 is 15.0 Å². The van der Waals surface area contributed by atoms with E-state index in [0.717, 1.165) is 65.9 Å². The molecule has 0 aromatic carbocycles. The Bertz CT molecular complexity index is 1110. The number of aryl methyl sites for hydroxylation is 3. The highest BCUT2D eigenvalue weighted by Gasteiger charge is 2.35. The topological polar surface area (TPSA) is 85.3 Å². The van der Waals surface area contributed by atoms with Crippen LogP contribution in [0.1, 0.15) is 37.9 Å². The van der Waals surface area contributed by atoms with Crippen LogP contribution in [-0.4, -0.2) is 58.9 Å². The van der Waals surface area contributed by atoms with Gasteiger partial charge in [0, 0.05) is 37.5 Å². The number of pyridine rings is 2. The van der Waals surface area contributed by atoms with Gasteiger partial charge in [0.15, 0.2) is 0 Å². The number of methoxy groups -OCH3 is 1. The molecule has 0 amide bonds. The summed E-state index contributed by atoms with van der Waals surface area (Å²) in [6.07, 6.45) is 3.41. The molecule has 4 rings (SSSR count). The number of aromatic nitrogens is 4. The van der Waals surface area contributed by atoms with Gasteiger partial charge in [-0.15, -0.1) is 0 Å². The summed E-state index contributed by atoms with van der Waals surface area (Å²) >= 11 is 0. The van der Waals surface area contributed by atoms with Crippen LogP contribution in [0.2, 0.25) is 0 Å². The maximum absolute atomic E-state index is 6.10. The number of nitrogens with one attached hydrogen (secondary N) is 1. The van der Waals surface area contributed by atoms with Gasteiger partial charge in [0.1, 0.15) is 11.6 Å². The molecular formula is C26H34N6O2. The number of nitrogens with zero attached hydrogens (tertiary/aromatic N) is 5. The minimum absolute atomic E-state index is 0.0382. The van der Waals surface area contributed by atoms with Crippen LogP contribution in [0.25, 0.3) is 11.3 Å². The fourth-order valence-electron chi connectivity index (χ4n) is 4.43. The summed E-state index contributed by atoms with van der Waals surface area (Å²) in [7, 11) is 1.63. The van der Waals surface area contributed by atoms with E-state index in [-0.39, 0.29) is 12.1 Å². The van der Waals surface area contributed by atoms with Crippen LogP contribution in [0, 0.1) is 6.92 Å². The molecule has 34 heavy (non-hydrogen) atoms. The van der Waals surface area contributed by atoms with Gasteiger partial charge in [0.05, 0.1) is 42.0 Å². The number of hydrogen-bond acceptors (Lipinski definition) is 8. The number of hydrogen-bond donors (Lipinski definition) is 1. The summed E-state index contributed by atoms with van der Waals surface area (Å²) in [5.41, 5.74) is 4.64. The van der Waals surface area contributed by atoms with E-state index in [4.69, 9.17) is 19.4 Å². The second kappa shape index (κ2) is 10.8. The third-order valence-electron chi connectivity index (χ3n) is 6.18. The maximum atomic E-state index is 6.10. The molecule has 8 nitrogen and oxygen atoms in total. The van der Waals surface area contributed by atoms with Crippen LogP contribution in [0.4, 0.5) is 11.6 Å². The Balaban J connectivity index is 1.65. The molecular weight excluding hydrogens is 428 g/mol. The summed E-state index contributed by atoms with van der Waals surface area (Å²) in [5, 5.41) is 3.68. The van der Waals surface area contributed by atoms with E-state index < -0.39 is 0 Å². The summed E-state index contributed by atoms with van der Waals surface area (Å²) in [6, 6.07) is 9.97. The molecule has 1 aliphatic rings. The van der Waals surface area contributed by atoms with Gasteiger partial charge in [-0.05, 0) is 44.9 Å². The van der Waals surface area contributed by atoms with Gasteiger partial charge in [-0.1, -0.05) is 19.9 Å². The van der Waals surface area contributed by atoms with Gasteiger partial charge in [0.25, 0.3) is 0 Å². The number of rotatable bonds is 9. The fraction of sp³-hybridized carbons (Fsp3) is 0.462. The van der Waals surface area contributed by atoms with Crippen molar-refractivity contribution >= 4 is 11.6 Å². The zero-order chi connectivity index (χ0) is 24.1. The molecule has 1 aliphatic heterocycles. The quantitative estimate of drug-likeness (QED) is 0.509. The van der Waals surface area contributed by atoms with Crippen molar-refractivity contribution in [3.8, 4) is 17.1 Å². The molecule has 3 aromatic rings. The van der Waals surface area contributed by atoms with Crippen LogP contribution in [-0.2, 0) is 17.6 Å². The summed E-state index contributed by atoms with van der Waals surface area (Å²) in [6.45, 7) is 10.5. The standard InChI is InChI=1S/C26H34N6O2/c1-6-19-25(18-12-13-24(33-5)28-17(18)4)29-20(7-2)26(30-19)31-21-15-32(16-22(21)34-8-3)23-11-9-10-14-27-23/h9-14,21-22H,6-8,15-16H2,1-5H3,(H,30,31)/t21-,22+/m1/s1. The molecule has 3 aromatic heterocycles. The first-order valence-electron chi connectivity index (χ1n) is 12.0. The minimum Gasteiger partial charge on any atom is -0.481 e. The average Bonchev–Trinajstić information content (AvgIpc) is 3.26. The van der Waals surface area contributed by atoms with E-state index in [1.54, 1.807) is 7.11 Å². The van der Waals surface area contributed by atoms with Crippen molar-refractivity contribution in [2.45, 2.75) is 52.7 Å². The van der Waals surface area contributed by atoms with Crippen molar-refractivity contribution in [2.75, 3.05) is 37.0 Å². The van der Waals surface area contributed by atoms with Gasteiger partial charge in [0.2, 0.25) is 5.88 Å². The van der Waals surface area contributed by atoms with E-state index in [0.29, 0.717) is 12.5 Å². The highest BCUT2D eigenvalue weighted by molar-refractivity contribution is 5.66. The molecule has 0 unspecified atom stereocenters. The molecule has 1 saturated heterocycles. The molecule has 0 saturated carbocycles. The van der Waals surface area contributed by atoms with Crippen molar-refractivity contribution in [3.05, 3.63) is 53.6 Å². The highest BCUT2D eigenvalue weighted by atomic mass is 16.5. The Morgan fingerprint density at radius 1 is 1.00 bits per heavy atom. The Kier molecular flexibility index (Phi) is 7.57. The van der Waals surface area contributed by atoms with Gasteiger partial charge in [-0.3, -0.25) is 0 Å². The lowest BCUT2D eigenvalue weighted by Crippen LogP contribution is -2.35. The molecule has 0 spiro atoms. The molecule has 0 bridgehead atoms. The fourth-order valence-corrected chi connectivity index (χ4v) is 4.43. The second-order valence-electron chi connectivity index (χ2n) is 8.35. The van der Waals surface area contributed by atoms with Gasteiger partial charge in [-0.25, -0.2) is 19.9 Å². The van der Waals surface area contributed by atoms with Gasteiger partial charge in [-0.2, -0.15) is 0 Å². The summed E-state index contributed by atoms with van der Waals surface area (Å²) in [5.74, 6) is 2.40. The van der Waals surface area contributed by atoms with Gasteiger partial charge < -0.3 is 19.7 Å². The van der Waals surface area contributed by atoms with E-state index >= 15 is 0 Å². The molecule has 8 heteroatoms. The monoisotopic (exact) mass is 462 g/mol. The normalized spacial score (nSPS) is 17.7. The third kappa shape index (κ3) is 4.97. The van der Waals surface area contributed by atoms with Crippen LogP contribution in [0.15, 0.2) is 36.5 Å². The van der Waals surface area contributed by atoms with Crippen molar-refractivity contribution in [1.82, 2.24) is 19.9 Å². The van der Waals surface area contributed by atoms with E-state index in [2.05, 4.69) is 34.0 Å². The smallest absolute Gasteiger partial charge is 0.213 e. The first kappa shape index (κ1) is 23.9. The largest absolute Gasteiger partial charge is 0.481 e. The zero-order valence-corrected chi connectivity index (χ0v) is 20.7. The molecule has 0 radical (unpaired) electrons. The SMILES string of the molecule is CCO[C@H]1CN(c2ccccn2)C[C@H]1Nc1nc(CC)c(-c2ccc(OC)nc2C)nc1CC. The van der Waals surface area contributed by atoms with E-state index in [9.17, 15) is 0 Å².